The Morgan fingerprint density at radius 3 is 2.67 bits per heavy atom. The van der Waals surface area contributed by atoms with Gasteiger partial charge in [0, 0.05) is 6.54 Å². The van der Waals surface area contributed by atoms with Crippen LogP contribution in [0.4, 0.5) is 0 Å². The van der Waals surface area contributed by atoms with Gasteiger partial charge in [-0.15, -0.1) is 0 Å². The fourth-order valence-electron chi connectivity index (χ4n) is 2.04. The number of hydrogen-bond donors (Lipinski definition) is 2. The molecule has 0 saturated carbocycles. The van der Waals surface area contributed by atoms with Crippen molar-refractivity contribution in [3.8, 4) is 6.07 Å². The zero-order valence-corrected chi connectivity index (χ0v) is 9.96. The lowest BCUT2D eigenvalue weighted by atomic mass is 10.0. The molecule has 0 spiro atoms. The molecule has 0 aliphatic carbocycles. The van der Waals surface area contributed by atoms with E-state index in [0.717, 1.165) is 5.56 Å². The number of carboxylic acids is 1. The first kappa shape index (κ1) is 12.6. The Labute approximate surface area is 105 Å². The van der Waals surface area contributed by atoms with Gasteiger partial charge in [-0.3, -0.25) is 10.1 Å². The predicted molar refractivity (Wildman–Crippen MR) is 63.9 cm³/mol. The van der Waals surface area contributed by atoms with Crippen LogP contribution >= 0.6 is 0 Å². The fourth-order valence-corrected chi connectivity index (χ4v) is 2.04. The Kier molecular flexibility index (Phi) is 3.60. The molecule has 3 unspecified atom stereocenters. The molecule has 0 radical (unpaired) electrons. The second kappa shape index (κ2) is 5.17. The molecule has 5 heteroatoms. The Balaban J connectivity index is 2.08. The summed E-state index contributed by atoms with van der Waals surface area (Å²) in [5.41, 5.74) is 1.54. The second-order valence-electron chi connectivity index (χ2n) is 4.29. The molecule has 18 heavy (non-hydrogen) atoms. The van der Waals surface area contributed by atoms with Crippen LogP contribution in [-0.2, 0) is 9.53 Å². The van der Waals surface area contributed by atoms with Crippen molar-refractivity contribution in [1.29, 1.82) is 5.26 Å². The van der Waals surface area contributed by atoms with Gasteiger partial charge in [-0.2, -0.15) is 5.26 Å². The maximum atomic E-state index is 10.9. The standard InChI is InChI=1S/C13H14N2O3/c1-8-12(13(16)17)15-7-11(18-8)10-4-2-9(6-14)3-5-10/h2-5,8,11-12,15H,7H2,1H3,(H,16,17). The monoisotopic (exact) mass is 246 g/mol. The van der Waals surface area contributed by atoms with Crippen LogP contribution < -0.4 is 5.32 Å². The van der Waals surface area contributed by atoms with E-state index in [1.165, 1.54) is 0 Å². The number of morpholine rings is 1. The lowest BCUT2D eigenvalue weighted by Gasteiger charge is -2.33. The van der Waals surface area contributed by atoms with Gasteiger partial charge < -0.3 is 9.84 Å². The van der Waals surface area contributed by atoms with Gasteiger partial charge in [-0.1, -0.05) is 12.1 Å². The van der Waals surface area contributed by atoms with Crippen molar-refractivity contribution >= 4 is 5.97 Å². The third kappa shape index (κ3) is 2.50. The normalized spacial score (nSPS) is 27.4. The number of nitrogens with zero attached hydrogens (tertiary/aromatic N) is 1. The SMILES string of the molecule is CC1OC(c2ccc(C#N)cc2)CNC1C(=O)O. The zero-order valence-electron chi connectivity index (χ0n) is 9.96. The molecule has 2 N–H and O–H groups in total. The Morgan fingerprint density at radius 2 is 2.17 bits per heavy atom. The predicted octanol–water partition coefficient (Wildman–Crippen LogP) is 1.06. The summed E-state index contributed by atoms with van der Waals surface area (Å²) < 4.78 is 5.69. The van der Waals surface area contributed by atoms with E-state index in [4.69, 9.17) is 15.1 Å². The van der Waals surface area contributed by atoms with Crippen molar-refractivity contribution in [2.75, 3.05) is 6.54 Å². The minimum absolute atomic E-state index is 0.177. The lowest BCUT2D eigenvalue weighted by Crippen LogP contribution is -2.52. The van der Waals surface area contributed by atoms with Gasteiger partial charge in [0.25, 0.3) is 0 Å². The van der Waals surface area contributed by atoms with E-state index >= 15 is 0 Å². The second-order valence-corrected chi connectivity index (χ2v) is 4.29. The molecule has 1 fully saturated rings. The third-order valence-electron chi connectivity index (χ3n) is 3.05. The topological polar surface area (TPSA) is 82.3 Å². The van der Waals surface area contributed by atoms with E-state index in [9.17, 15) is 4.79 Å². The molecular weight excluding hydrogens is 232 g/mol. The van der Waals surface area contributed by atoms with Crippen LogP contribution in [0.25, 0.3) is 0 Å². The van der Waals surface area contributed by atoms with Crippen LogP contribution in [0.1, 0.15) is 24.2 Å². The summed E-state index contributed by atoms with van der Waals surface area (Å²) in [6.45, 7) is 2.19. The molecule has 1 aromatic rings. The molecule has 1 aliphatic rings. The summed E-state index contributed by atoms with van der Waals surface area (Å²) in [5.74, 6) is -0.902. The van der Waals surface area contributed by atoms with Gasteiger partial charge in [0.2, 0.25) is 0 Å². The number of carbonyl (C=O) groups is 1. The van der Waals surface area contributed by atoms with Crippen molar-refractivity contribution in [2.24, 2.45) is 0 Å². The molecule has 0 aromatic heterocycles. The fraction of sp³-hybridized carbons (Fsp3) is 0.385. The van der Waals surface area contributed by atoms with Gasteiger partial charge in [0.05, 0.1) is 23.8 Å². The average molecular weight is 246 g/mol. The van der Waals surface area contributed by atoms with Gasteiger partial charge >= 0.3 is 5.97 Å². The zero-order chi connectivity index (χ0) is 13.1. The Hall–Kier alpha value is -1.90. The highest BCUT2D eigenvalue weighted by Crippen LogP contribution is 2.23. The largest absolute Gasteiger partial charge is 0.480 e. The van der Waals surface area contributed by atoms with E-state index in [0.29, 0.717) is 12.1 Å². The highest BCUT2D eigenvalue weighted by atomic mass is 16.5. The molecule has 1 aliphatic heterocycles. The van der Waals surface area contributed by atoms with E-state index in [1.54, 1.807) is 19.1 Å². The van der Waals surface area contributed by atoms with E-state index in [2.05, 4.69) is 11.4 Å². The molecule has 0 amide bonds. The van der Waals surface area contributed by atoms with Gasteiger partial charge in [0.15, 0.2) is 0 Å². The van der Waals surface area contributed by atoms with E-state index in [-0.39, 0.29) is 6.10 Å². The van der Waals surface area contributed by atoms with Crippen LogP contribution in [0.5, 0.6) is 0 Å². The van der Waals surface area contributed by atoms with Gasteiger partial charge in [0.1, 0.15) is 6.04 Å². The van der Waals surface area contributed by atoms with E-state index in [1.807, 2.05) is 12.1 Å². The van der Waals surface area contributed by atoms with Crippen molar-refractivity contribution < 1.29 is 14.6 Å². The smallest absolute Gasteiger partial charge is 0.323 e. The highest BCUT2D eigenvalue weighted by molar-refractivity contribution is 5.74. The number of hydrogen-bond acceptors (Lipinski definition) is 4. The molecule has 1 saturated heterocycles. The van der Waals surface area contributed by atoms with Crippen molar-refractivity contribution in [1.82, 2.24) is 5.32 Å². The first-order valence-corrected chi connectivity index (χ1v) is 5.73. The van der Waals surface area contributed by atoms with Crippen LogP contribution in [0, 0.1) is 11.3 Å². The summed E-state index contributed by atoms with van der Waals surface area (Å²) in [7, 11) is 0. The number of nitrogens with one attached hydrogen (secondary N) is 1. The van der Waals surface area contributed by atoms with Gasteiger partial charge in [-0.25, -0.2) is 0 Å². The number of carboxylic acid groups (broad SMARTS) is 1. The highest BCUT2D eigenvalue weighted by Gasteiger charge is 2.33. The molecule has 94 valence electrons. The summed E-state index contributed by atoms with van der Waals surface area (Å²) in [6.07, 6.45) is -0.569. The average Bonchev–Trinajstić information content (AvgIpc) is 2.38. The van der Waals surface area contributed by atoms with Crippen molar-refractivity contribution in [2.45, 2.75) is 25.2 Å². The first-order valence-electron chi connectivity index (χ1n) is 5.73. The third-order valence-corrected chi connectivity index (χ3v) is 3.05. The lowest BCUT2D eigenvalue weighted by molar-refractivity contribution is -0.149. The molecule has 5 nitrogen and oxygen atoms in total. The Morgan fingerprint density at radius 1 is 1.50 bits per heavy atom. The minimum Gasteiger partial charge on any atom is -0.480 e. The summed E-state index contributed by atoms with van der Waals surface area (Å²) in [4.78, 5) is 10.9. The number of ether oxygens (including phenoxy) is 1. The Bertz CT molecular complexity index is 478. The number of nitriles is 1. The quantitative estimate of drug-likeness (QED) is 0.815. The molecule has 2 rings (SSSR count). The molecule has 1 heterocycles. The maximum absolute atomic E-state index is 10.9. The number of benzene rings is 1. The molecule has 0 bridgehead atoms. The van der Waals surface area contributed by atoms with Crippen LogP contribution in [0.15, 0.2) is 24.3 Å². The molecule has 1 aromatic carbocycles. The van der Waals surface area contributed by atoms with Crippen LogP contribution in [0.3, 0.4) is 0 Å². The number of aliphatic carboxylic acids is 1. The van der Waals surface area contributed by atoms with Gasteiger partial charge in [-0.05, 0) is 24.6 Å². The summed E-state index contributed by atoms with van der Waals surface area (Å²) >= 11 is 0. The molecule has 3 atom stereocenters. The number of rotatable bonds is 2. The summed E-state index contributed by atoms with van der Waals surface area (Å²) in [5, 5.41) is 20.6. The maximum Gasteiger partial charge on any atom is 0.323 e. The van der Waals surface area contributed by atoms with Crippen molar-refractivity contribution in [3.05, 3.63) is 35.4 Å². The minimum atomic E-state index is -0.902. The first-order chi connectivity index (χ1) is 8.61. The van der Waals surface area contributed by atoms with Crippen LogP contribution in [0.2, 0.25) is 0 Å². The summed E-state index contributed by atoms with van der Waals surface area (Å²) in [6, 6.07) is 8.51. The van der Waals surface area contributed by atoms with E-state index < -0.39 is 18.1 Å². The van der Waals surface area contributed by atoms with Crippen LogP contribution in [-0.4, -0.2) is 29.8 Å². The van der Waals surface area contributed by atoms with Crippen molar-refractivity contribution in [3.63, 3.8) is 0 Å². The molecular formula is C13H14N2O3.